The molecule has 11 heteroatoms. The van der Waals surface area contributed by atoms with E-state index in [0.717, 1.165) is 19.1 Å². The van der Waals surface area contributed by atoms with Crippen molar-refractivity contribution in [3.63, 3.8) is 0 Å². The maximum atomic E-state index is 12.3. The number of nitrogens with zero attached hydrogens (tertiary/aromatic N) is 1. The van der Waals surface area contributed by atoms with Crippen LogP contribution in [0.15, 0.2) is 24.3 Å². The van der Waals surface area contributed by atoms with E-state index < -0.39 is 46.7 Å². The molecule has 1 aromatic rings. The molecule has 0 saturated heterocycles. The van der Waals surface area contributed by atoms with Gasteiger partial charge in [-0.05, 0) is 38.1 Å². The Kier molecular flexibility index (Phi) is 8.71. The summed E-state index contributed by atoms with van der Waals surface area (Å²) < 4.78 is 41.1. The highest BCUT2D eigenvalue weighted by Crippen LogP contribution is 2.18. The monoisotopic (exact) mass is 416 g/mol. The van der Waals surface area contributed by atoms with Crippen molar-refractivity contribution < 1.29 is 37.0 Å². The van der Waals surface area contributed by atoms with Crippen LogP contribution in [0, 0.1) is 0 Å². The van der Waals surface area contributed by atoms with Gasteiger partial charge in [0, 0.05) is 5.69 Å². The number of nitrogens with one attached hydrogen (secondary N) is 1. The molecule has 1 rings (SSSR count). The number of benzene rings is 1. The van der Waals surface area contributed by atoms with Gasteiger partial charge >= 0.3 is 11.9 Å². The molecule has 0 atom stereocenters. The van der Waals surface area contributed by atoms with Crippen LogP contribution < -0.4 is 9.46 Å². The third-order valence-corrected chi connectivity index (χ3v) is 4.43. The van der Waals surface area contributed by atoms with E-state index in [2.05, 4.69) is 14.2 Å². The highest BCUT2D eigenvalue weighted by atomic mass is 32.2. The maximum Gasteiger partial charge on any atom is 0.325 e. The van der Waals surface area contributed by atoms with Gasteiger partial charge in [0.1, 0.15) is 24.6 Å². The van der Waals surface area contributed by atoms with E-state index in [1.807, 2.05) is 13.8 Å². The van der Waals surface area contributed by atoms with Crippen LogP contribution in [-0.2, 0) is 33.9 Å². The average Bonchev–Trinajstić information content (AvgIpc) is 2.61. The Morgan fingerprint density at radius 2 is 1.50 bits per heavy atom. The Bertz CT molecular complexity index is 772. The molecule has 0 saturated carbocycles. The highest BCUT2D eigenvalue weighted by molar-refractivity contribution is 7.93. The number of anilines is 1. The first kappa shape index (κ1) is 23.2. The molecule has 0 bridgehead atoms. The predicted octanol–water partition coefficient (Wildman–Crippen LogP) is 0.390. The van der Waals surface area contributed by atoms with Crippen molar-refractivity contribution in [3.05, 3.63) is 24.3 Å². The van der Waals surface area contributed by atoms with E-state index in [9.17, 15) is 22.8 Å². The average molecular weight is 416 g/mol. The maximum absolute atomic E-state index is 12.3. The Morgan fingerprint density at radius 3 is 1.93 bits per heavy atom. The van der Waals surface area contributed by atoms with Crippen LogP contribution in [0.25, 0.3) is 0 Å². The molecule has 1 amide bonds. The first-order valence-corrected chi connectivity index (χ1v) is 9.90. The highest BCUT2D eigenvalue weighted by Gasteiger charge is 2.26. The lowest BCUT2D eigenvalue weighted by Gasteiger charge is -2.20. The molecule has 0 fully saturated rings. The summed E-state index contributed by atoms with van der Waals surface area (Å²) in [5.41, 5.74) is 0.233. The number of ether oxygens (including phenoxy) is 3. The van der Waals surface area contributed by atoms with Gasteiger partial charge in [0.25, 0.3) is 0 Å². The summed E-state index contributed by atoms with van der Waals surface area (Å²) in [5, 5.41) is 0. The second-order valence-electron chi connectivity index (χ2n) is 5.95. The fourth-order valence-corrected chi connectivity index (χ4v) is 3.09. The SMILES string of the molecule is COC(=O)CN(CC(=O)OC)C(=O)CS(=O)(=O)Nc1ccc(OC(C)C)cc1. The molecular formula is C17H24N2O8S. The minimum atomic E-state index is -4.09. The van der Waals surface area contributed by atoms with Gasteiger partial charge in [-0.15, -0.1) is 0 Å². The van der Waals surface area contributed by atoms with E-state index in [1.165, 1.54) is 12.1 Å². The van der Waals surface area contributed by atoms with Crippen molar-refractivity contribution in [1.29, 1.82) is 0 Å². The van der Waals surface area contributed by atoms with Crippen LogP contribution in [0.1, 0.15) is 13.8 Å². The number of methoxy groups -OCH3 is 2. The molecule has 1 N–H and O–H groups in total. The van der Waals surface area contributed by atoms with Gasteiger partial charge in [-0.2, -0.15) is 0 Å². The Balaban J connectivity index is 2.81. The summed E-state index contributed by atoms with van der Waals surface area (Å²) in [4.78, 5) is 35.9. The summed E-state index contributed by atoms with van der Waals surface area (Å²) in [6, 6.07) is 6.14. The van der Waals surface area contributed by atoms with Crippen LogP contribution in [0.2, 0.25) is 0 Å². The second-order valence-corrected chi connectivity index (χ2v) is 7.68. The van der Waals surface area contributed by atoms with Crippen LogP contribution in [-0.4, -0.2) is 70.3 Å². The first-order valence-electron chi connectivity index (χ1n) is 8.25. The zero-order chi connectivity index (χ0) is 21.3. The molecular weight excluding hydrogens is 392 g/mol. The molecule has 0 spiro atoms. The molecule has 0 aromatic heterocycles. The Morgan fingerprint density at radius 1 is 1.00 bits per heavy atom. The molecule has 0 aliphatic heterocycles. The first-order chi connectivity index (χ1) is 13.1. The van der Waals surface area contributed by atoms with Crippen LogP contribution in [0.4, 0.5) is 5.69 Å². The van der Waals surface area contributed by atoms with Gasteiger partial charge in [0.05, 0.1) is 20.3 Å². The number of amides is 1. The van der Waals surface area contributed by atoms with Crippen LogP contribution in [0.3, 0.4) is 0 Å². The third-order valence-electron chi connectivity index (χ3n) is 3.26. The van der Waals surface area contributed by atoms with E-state index in [1.54, 1.807) is 12.1 Å². The smallest absolute Gasteiger partial charge is 0.325 e. The van der Waals surface area contributed by atoms with Crippen molar-refractivity contribution in [2.24, 2.45) is 0 Å². The number of hydrogen-bond donors (Lipinski definition) is 1. The molecule has 0 heterocycles. The number of sulfonamides is 1. The van der Waals surface area contributed by atoms with E-state index in [0.29, 0.717) is 5.75 Å². The van der Waals surface area contributed by atoms with Crippen LogP contribution >= 0.6 is 0 Å². The van der Waals surface area contributed by atoms with Gasteiger partial charge in [0.2, 0.25) is 15.9 Å². The zero-order valence-electron chi connectivity index (χ0n) is 16.1. The minimum absolute atomic E-state index is 0.0317. The van der Waals surface area contributed by atoms with Crippen molar-refractivity contribution in [2.75, 3.05) is 37.8 Å². The van der Waals surface area contributed by atoms with Crippen molar-refractivity contribution >= 4 is 33.6 Å². The molecule has 28 heavy (non-hydrogen) atoms. The summed E-state index contributed by atoms with van der Waals surface area (Å²) in [6.07, 6.45) is -0.0317. The molecule has 0 aliphatic carbocycles. The minimum Gasteiger partial charge on any atom is -0.491 e. The Labute approximate surface area is 163 Å². The lowest BCUT2D eigenvalue weighted by atomic mass is 10.3. The lowest BCUT2D eigenvalue weighted by molar-refractivity contribution is -0.151. The number of carbonyl (C=O) groups is 3. The van der Waals surface area contributed by atoms with Crippen molar-refractivity contribution in [3.8, 4) is 5.75 Å². The van der Waals surface area contributed by atoms with E-state index in [4.69, 9.17) is 4.74 Å². The van der Waals surface area contributed by atoms with Gasteiger partial charge in [-0.25, -0.2) is 8.42 Å². The third kappa shape index (κ3) is 8.25. The number of carbonyl (C=O) groups excluding carboxylic acids is 3. The number of rotatable bonds is 10. The van der Waals surface area contributed by atoms with Gasteiger partial charge < -0.3 is 19.1 Å². The topological polar surface area (TPSA) is 128 Å². The summed E-state index contributed by atoms with van der Waals surface area (Å²) >= 11 is 0. The quantitative estimate of drug-likeness (QED) is 0.543. The summed E-state index contributed by atoms with van der Waals surface area (Å²) in [7, 11) is -1.88. The summed E-state index contributed by atoms with van der Waals surface area (Å²) in [6.45, 7) is 2.55. The second kappa shape index (κ2) is 10.5. The molecule has 156 valence electrons. The zero-order valence-corrected chi connectivity index (χ0v) is 16.9. The van der Waals surface area contributed by atoms with Crippen molar-refractivity contribution in [2.45, 2.75) is 20.0 Å². The van der Waals surface area contributed by atoms with Gasteiger partial charge in [-0.1, -0.05) is 0 Å². The molecule has 0 aliphatic rings. The lowest BCUT2D eigenvalue weighted by Crippen LogP contribution is -2.43. The van der Waals surface area contributed by atoms with E-state index >= 15 is 0 Å². The number of esters is 2. The standard InChI is InChI=1S/C17H24N2O8S/c1-12(2)27-14-7-5-13(6-8-14)18-28(23,24)11-15(20)19(9-16(21)25-3)10-17(22)26-4/h5-8,12,18H,9-11H2,1-4H3. The normalized spacial score (nSPS) is 10.9. The summed E-state index contributed by atoms with van der Waals surface area (Å²) in [5.74, 6) is -2.96. The fourth-order valence-electron chi connectivity index (χ4n) is 2.02. The van der Waals surface area contributed by atoms with E-state index in [-0.39, 0.29) is 11.8 Å². The van der Waals surface area contributed by atoms with Crippen LogP contribution in [0.5, 0.6) is 5.75 Å². The predicted molar refractivity (Wildman–Crippen MR) is 100 cm³/mol. The molecule has 0 radical (unpaired) electrons. The fraction of sp³-hybridized carbons (Fsp3) is 0.471. The van der Waals surface area contributed by atoms with Crippen molar-refractivity contribution in [1.82, 2.24) is 4.90 Å². The van der Waals surface area contributed by atoms with Gasteiger partial charge in [0.15, 0.2) is 0 Å². The molecule has 0 unspecified atom stereocenters. The number of hydrogen-bond acceptors (Lipinski definition) is 8. The Hall–Kier alpha value is -2.82. The van der Waals surface area contributed by atoms with Gasteiger partial charge in [-0.3, -0.25) is 19.1 Å². The molecule has 10 nitrogen and oxygen atoms in total. The molecule has 1 aromatic carbocycles. The largest absolute Gasteiger partial charge is 0.491 e.